The molecule has 12 nitrogen and oxygen atoms in total. The summed E-state index contributed by atoms with van der Waals surface area (Å²) in [4.78, 5) is 46.3. The Labute approximate surface area is 844 Å². The molecule has 0 aliphatic rings. The van der Waals surface area contributed by atoms with Gasteiger partial charge in [0.2, 0.25) is 0 Å². The topological polar surface area (TPSA) is 155 Å². The molecule has 0 unspecified atom stereocenters. The Morgan fingerprint density at radius 2 is 0.320 bits per heavy atom. The largest absolute Gasteiger partial charge is 0.456 e. The van der Waals surface area contributed by atoms with Crippen molar-refractivity contribution in [2.45, 2.75) is 0 Å². The lowest BCUT2D eigenvalue weighted by Gasteiger charge is -2.13. The van der Waals surface area contributed by atoms with Gasteiger partial charge in [-0.05, 0) is 113 Å². The van der Waals surface area contributed by atoms with E-state index in [1.807, 2.05) is 152 Å². The van der Waals surface area contributed by atoms with E-state index in [9.17, 15) is 0 Å². The monoisotopic (exact) mass is 1880 g/mol. The van der Waals surface area contributed by atoms with Crippen LogP contribution in [0.25, 0.3) is 289 Å². The van der Waals surface area contributed by atoms with E-state index in [0.29, 0.717) is 17.5 Å². The molecule has 0 saturated carbocycles. The SMILES string of the molecule is c1ccc(-c2cc(-c3ccc(-c4ccc5c(c4)nc(-c4ccccc4)c4ccc6oc7ccccc7c6c45)cc3)nc(-c3ccccc3)n2)cc1.c1ccc(-c2cc(-c3ccc4c(c3)nc(-c3ccccc3)c3ccc5oc6ccccc6c5c34)nc(-c3ccccc3)n2)cc1.c1ccc(-c2ccc(-c3cc(-c4ccc5c(c4)nc(-c4ccccc4)c4ccc6oc7ccccc7c6c45)nc(-c4ccccc4)n3)cc2)cc1. The zero-order chi connectivity index (χ0) is 97.2. The number of pyridine rings is 3. The van der Waals surface area contributed by atoms with Gasteiger partial charge in [0.05, 0.1) is 67.8 Å². The van der Waals surface area contributed by atoms with Gasteiger partial charge in [-0.1, -0.05) is 413 Å². The zero-order valence-electron chi connectivity index (χ0n) is 79.2. The number of furan rings is 3. The Hall–Kier alpha value is -20.0. The molecule has 0 spiro atoms. The number of hydrogen-bond acceptors (Lipinski definition) is 12. The third-order valence-corrected chi connectivity index (χ3v) is 27.8. The van der Waals surface area contributed by atoms with Gasteiger partial charge in [-0.25, -0.2) is 44.9 Å². The normalized spacial score (nSPS) is 11.5. The highest BCUT2D eigenvalue weighted by Gasteiger charge is 2.26. The molecule has 12 heteroatoms. The van der Waals surface area contributed by atoms with Crippen molar-refractivity contribution in [1.82, 2.24) is 44.9 Å². The predicted octanol–water partition coefficient (Wildman–Crippen LogP) is 35.6. The molecule has 0 aliphatic heterocycles. The van der Waals surface area contributed by atoms with Gasteiger partial charge in [0.1, 0.15) is 33.5 Å². The van der Waals surface area contributed by atoms with Crippen molar-refractivity contribution in [3.05, 3.63) is 504 Å². The summed E-state index contributed by atoms with van der Waals surface area (Å²) in [6.45, 7) is 0. The molecule has 0 atom stereocenters. The highest BCUT2D eigenvalue weighted by molar-refractivity contribution is 6.31. The van der Waals surface area contributed by atoms with E-state index in [0.717, 1.165) is 260 Å². The molecule has 686 valence electrons. The lowest BCUT2D eigenvalue weighted by Crippen LogP contribution is -1.96. The van der Waals surface area contributed by atoms with Gasteiger partial charge < -0.3 is 13.3 Å². The Balaban J connectivity index is 0.000000109. The van der Waals surface area contributed by atoms with Crippen molar-refractivity contribution >= 4 is 131 Å². The number of para-hydroxylation sites is 3. The van der Waals surface area contributed by atoms with Crippen LogP contribution in [0.15, 0.2) is 517 Å². The van der Waals surface area contributed by atoms with Crippen LogP contribution in [0.4, 0.5) is 0 Å². The molecule has 9 aromatic heterocycles. The van der Waals surface area contributed by atoms with E-state index in [1.54, 1.807) is 0 Å². The Morgan fingerprint density at radius 3 is 0.619 bits per heavy atom. The van der Waals surface area contributed by atoms with Crippen LogP contribution < -0.4 is 0 Å². The van der Waals surface area contributed by atoms with Crippen LogP contribution in [0.3, 0.4) is 0 Å². The number of nitrogens with zero attached hydrogens (tertiary/aromatic N) is 9. The van der Waals surface area contributed by atoms with Crippen LogP contribution in [0, 0.1) is 0 Å². The standard InChI is InChI=1S/2C47H29N3O.C41H25N3O/c1-4-12-31(13-5-1)39-29-40(50-47(49-39)34-16-8-3-9-17-34)32-22-20-30(21-23-32)35-24-25-36-41(28-35)48-46(33-14-6-2-7-15-33)38-26-27-43-45(44(36)38)37-18-10-11-19-42(37)51-43;1-4-12-30(13-5-1)31-20-22-32(23-21-31)39-29-40(50-47(49-39)34-16-8-3-9-17-34)35-24-25-36-41(28-35)48-46(33-14-6-2-7-15-33)38-26-27-43-45(44(36)38)37-18-10-11-19-42(37)51-43;1-4-12-26(13-5-1)33-25-34(44-41(43-33)28-16-8-3-9-17-28)29-20-21-30-35(24-29)42-40(27-14-6-2-7-15-27)32-22-23-37-39(38(30)32)31-18-10-11-19-36(31)45-37/h2*1-29H;1-25H. The second kappa shape index (κ2) is 36.9. The van der Waals surface area contributed by atoms with Crippen LogP contribution in [0.2, 0.25) is 0 Å². The summed E-state index contributed by atoms with van der Waals surface area (Å²) < 4.78 is 19.0. The lowest BCUT2D eigenvalue weighted by molar-refractivity contribution is 0.669. The van der Waals surface area contributed by atoms with Gasteiger partial charge in [-0.15, -0.1) is 0 Å². The predicted molar refractivity (Wildman–Crippen MR) is 602 cm³/mol. The van der Waals surface area contributed by atoms with E-state index in [1.165, 1.54) is 11.1 Å². The molecule has 0 fully saturated rings. The van der Waals surface area contributed by atoms with Crippen molar-refractivity contribution in [2.24, 2.45) is 0 Å². The minimum absolute atomic E-state index is 0.679. The Bertz CT molecular complexity index is 10000. The zero-order valence-corrected chi connectivity index (χ0v) is 79.2. The molecule has 20 aromatic carbocycles. The van der Waals surface area contributed by atoms with E-state index < -0.39 is 0 Å². The maximum atomic E-state index is 6.35. The van der Waals surface area contributed by atoms with E-state index >= 15 is 0 Å². The van der Waals surface area contributed by atoms with Gasteiger partial charge in [-0.3, -0.25) is 0 Å². The second-order valence-corrected chi connectivity index (χ2v) is 36.8. The fraction of sp³-hybridized carbons (Fsp3) is 0. The van der Waals surface area contributed by atoms with Crippen molar-refractivity contribution in [3.8, 4) is 158 Å². The number of hydrogen-bond donors (Lipinski definition) is 0. The molecule has 0 radical (unpaired) electrons. The van der Waals surface area contributed by atoms with Crippen LogP contribution >= 0.6 is 0 Å². The molecule has 0 bridgehead atoms. The molecule has 0 saturated heterocycles. The first-order chi connectivity index (χ1) is 72.8. The minimum Gasteiger partial charge on any atom is -0.456 e. The quantitative estimate of drug-likeness (QED) is 0.0951. The second-order valence-electron chi connectivity index (χ2n) is 36.8. The van der Waals surface area contributed by atoms with Crippen LogP contribution in [0.5, 0.6) is 0 Å². The van der Waals surface area contributed by atoms with Crippen LogP contribution in [0.1, 0.15) is 0 Å². The van der Waals surface area contributed by atoms with E-state index in [-0.39, 0.29) is 0 Å². The lowest BCUT2D eigenvalue weighted by atomic mass is 9.94. The van der Waals surface area contributed by atoms with Crippen LogP contribution in [-0.2, 0) is 0 Å². The first-order valence-corrected chi connectivity index (χ1v) is 49.2. The third kappa shape index (κ3) is 16.1. The molecular weight excluding hydrogens is 1800 g/mol. The Morgan fingerprint density at radius 1 is 0.116 bits per heavy atom. The smallest absolute Gasteiger partial charge is 0.160 e. The van der Waals surface area contributed by atoms with Gasteiger partial charge in [0.15, 0.2) is 17.5 Å². The maximum Gasteiger partial charge on any atom is 0.160 e. The molecule has 0 N–H and O–H groups in total. The van der Waals surface area contributed by atoms with Gasteiger partial charge in [0.25, 0.3) is 0 Å². The number of fused-ring (bicyclic) bond motifs is 21. The molecule has 29 rings (SSSR count). The summed E-state index contributed by atoms with van der Waals surface area (Å²) >= 11 is 0. The van der Waals surface area contributed by atoms with Crippen molar-refractivity contribution in [1.29, 1.82) is 0 Å². The fourth-order valence-corrected chi connectivity index (χ4v) is 20.8. The first-order valence-electron chi connectivity index (χ1n) is 49.2. The fourth-order valence-electron chi connectivity index (χ4n) is 20.8. The van der Waals surface area contributed by atoms with Crippen molar-refractivity contribution in [3.63, 3.8) is 0 Å². The highest BCUT2D eigenvalue weighted by Crippen LogP contribution is 2.48. The van der Waals surface area contributed by atoms with E-state index in [2.05, 4.69) is 352 Å². The summed E-state index contributed by atoms with van der Waals surface area (Å²) in [6, 6.07) is 173. The summed E-state index contributed by atoms with van der Waals surface area (Å²) in [5.41, 5.74) is 32.9. The summed E-state index contributed by atoms with van der Waals surface area (Å²) in [7, 11) is 0. The average molecular weight is 1880 g/mol. The van der Waals surface area contributed by atoms with Crippen molar-refractivity contribution < 1.29 is 13.3 Å². The maximum absolute atomic E-state index is 6.35. The number of rotatable bonds is 14. The number of aromatic nitrogens is 9. The van der Waals surface area contributed by atoms with Crippen LogP contribution in [-0.4, -0.2) is 44.9 Å². The molecule has 9 heterocycles. The first kappa shape index (κ1) is 86.2. The van der Waals surface area contributed by atoms with Crippen molar-refractivity contribution in [2.75, 3.05) is 0 Å². The molecule has 0 aliphatic carbocycles. The summed E-state index contributed by atoms with van der Waals surface area (Å²) in [5, 5.41) is 16.6. The molecule has 147 heavy (non-hydrogen) atoms. The molecule has 29 aromatic rings. The molecule has 0 amide bonds. The summed E-state index contributed by atoms with van der Waals surface area (Å²) in [6.07, 6.45) is 0. The minimum atomic E-state index is 0.679. The summed E-state index contributed by atoms with van der Waals surface area (Å²) in [5.74, 6) is 2.08. The molecular formula is C135H83N9O3. The average Bonchev–Trinajstić information content (AvgIpc) is 1.64. The van der Waals surface area contributed by atoms with Gasteiger partial charge in [-0.2, -0.15) is 0 Å². The van der Waals surface area contributed by atoms with Gasteiger partial charge >= 0.3 is 0 Å². The van der Waals surface area contributed by atoms with Gasteiger partial charge in [0, 0.05) is 148 Å². The third-order valence-electron chi connectivity index (χ3n) is 27.8. The Kier molecular flexibility index (Phi) is 21.6. The van der Waals surface area contributed by atoms with E-state index in [4.69, 9.17) is 58.1 Å². The number of benzene rings is 20. The highest BCUT2D eigenvalue weighted by atomic mass is 16.3.